The van der Waals surface area contributed by atoms with Gasteiger partial charge in [0.2, 0.25) is 0 Å². The van der Waals surface area contributed by atoms with Crippen LogP contribution < -0.4 is 9.47 Å². The Labute approximate surface area is 150 Å². The van der Waals surface area contributed by atoms with Crippen molar-refractivity contribution in [1.29, 1.82) is 0 Å². The Morgan fingerprint density at radius 2 is 2.21 bits per heavy atom. The molecule has 0 saturated carbocycles. The van der Waals surface area contributed by atoms with Gasteiger partial charge in [0.05, 0.1) is 7.11 Å². The van der Waals surface area contributed by atoms with Crippen LogP contribution in [-0.4, -0.2) is 49.0 Å². The van der Waals surface area contributed by atoms with E-state index in [9.17, 15) is 5.11 Å². The van der Waals surface area contributed by atoms with Gasteiger partial charge in [0.15, 0.2) is 11.5 Å². The van der Waals surface area contributed by atoms with Crippen molar-refractivity contribution in [3.63, 3.8) is 0 Å². The number of aliphatic hydroxyl groups excluding tert-OH is 1. The molecule has 0 radical (unpaired) electrons. The van der Waals surface area contributed by atoms with Crippen molar-refractivity contribution in [2.75, 3.05) is 20.7 Å². The number of hydrogen-bond acceptors (Lipinski definition) is 4. The van der Waals surface area contributed by atoms with Gasteiger partial charge in [-0.25, -0.2) is 0 Å². The van der Waals surface area contributed by atoms with Gasteiger partial charge in [-0.05, 0) is 38.9 Å². The van der Waals surface area contributed by atoms with Crippen LogP contribution in [0.15, 0.2) is 16.6 Å². The number of likely N-dealkylation sites (tertiary alicyclic amines) is 1. The monoisotopic (exact) mass is 391 g/mol. The molecule has 5 heteroatoms. The van der Waals surface area contributed by atoms with Gasteiger partial charge in [-0.3, -0.25) is 0 Å². The molecule has 128 valence electrons. The van der Waals surface area contributed by atoms with Crippen molar-refractivity contribution in [3.05, 3.63) is 33.3 Å². The van der Waals surface area contributed by atoms with Crippen molar-refractivity contribution in [1.82, 2.24) is 4.90 Å². The Morgan fingerprint density at radius 1 is 1.42 bits per heavy atom. The van der Waals surface area contributed by atoms with Crippen LogP contribution in [0, 0.1) is 12.8 Å². The zero-order valence-corrected chi connectivity index (χ0v) is 15.8. The Hall–Kier alpha value is -1.04. The van der Waals surface area contributed by atoms with Crippen molar-refractivity contribution < 1.29 is 14.6 Å². The van der Waals surface area contributed by atoms with Gasteiger partial charge in [0, 0.05) is 33.0 Å². The number of rotatable bonds is 1. The molecule has 1 aromatic carbocycles. The summed E-state index contributed by atoms with van der Waals surface area (Å²) in [6.07, 6.45) is 5.42. The average Bonchev–Trinajstić information content (AvgIpc) is 2.91. The number of aliphatic hydroxyl groups is 1. The van der Waals surface area contributed by atoms with Gasteiger partial charge in [0.1, 0.15) is 12.2 Å². The Morgan fingerprint density at radius 3 is 2.96 bits per heavy atom. The predicted octanol–water partition coefficient (Wildman–Crippen LogP) is 2.57. The van der Waals surface area contributed by atoms with Crippen molar-refractivity contribution in [2.45, 2.75) is 43.4 Å². The van der Waals surface area contributed by atoms with Crippen molar-refractivity contribution in [2.24, 2.45) is 5.92 Å². The summed E-state index contributed by atoms with van der Waals surface area (Å²) in [4.78, 5) is 2.47. The van der Waals surface area contributed by atoms with E-state index in [1.165, 1.54) is 11.1 Å². The maximum Gasteiger partial charge on any atom is 0.166 e. The molecule has 1 aromatic rings. The minimum Gasteiger partial charge on any atom is -0.493 e. The number of likely N-dealkylation sites (N-methyl/N-ethyl adjacent to an activating group) is 1. The largest absolute Gasteiger partial charge is 0.493 e. The quantitative estimate of drug-likeness (QED) is 0.747. The lowest BCUT2D eigenvalue weighted by Crippen LogP contribution is -2.64. The third-order valence-corrected chi connectivity index (χ3v) is 7.86. The van der Waals surface area contributed by atoms with E-state index in [0.29, 0.717) is 12.0 Å². The molecule has 1 saturated heterocycles. The third kappa shape index (κ3) is 1.53. The maximum absolute atomic E-state index is 10.7. The molecule has 2 aliphatic heterocycles. The smallest absolute Gasteiger partial charge is 0.166 e. The standard InChI is InChI=1S/C19H22BrNO3/c1-9-15(20)10-8-12-11-4-5-13(22)18-19(11,6-7-21(12)2)14(10)17(24-18)16(9)23-3/h4-5,11-13,18,22H,6-8H2,1-3H3/t11-,12+,13-,18-,19-/m0/s1. The highest BCUT2D eigenvalue weighted by atomic mass is 79.9. The lowest BCUT2D eigenvalue weighted by molar-refractivity contribution is -0.0454. The summed E-state index contributed by atoms with van der Waals surface area (Å²) in [5.74, 6) is 2.07. The molecule has 2 aliphatic carbocycles. The van der Waals surface area contributed by atoms with Gasteiger partial charge in [0.25, 0.3) is 0 Å². The second kappa shape index (κ2) is 4.77. The van der Waals surface area contributed by atoms with Crippen LogP contribution in [0.1, 0.15) is 23.1 Å². The highest BCUT2D eigenvalue weighted by molar-refractivity contribution is 9.10. The first-order valence-electron chi connectivity index (χ1n) is 8.63. The highest BCUT2D eigenvalue weighted by Crippen LogP contribution is 2.64. The number of ether oxygens (including phenoxy) is 2. The van der Waals surface area contributed by atoms with Crippen LogP contribution in [0.4, 0.5) is 0 Å². The fraction of sp³-hybridized carbons (Fsp3) is 0.579. The van der Waals surface area contributed by atoms with E-state index in [0.717, 1.165) is 40.9 Å². The minimum absolute atomic E-state index is 0.127. The summed E-state index contributed by atoms with van der Waals surface area (Å²) in [7, 11) is 3.92. The molecule has 5 rings (SSSR count). The Kier molecular flexibility index (Phi) is 3.03. The summed E-state index contributed by atoms with van der Waals surface area (Å²) in [6, 6.07) is 0.455. The first-order chi connectivity index (χ1) is 11.5. The molecule has 24 heavy (non-hydrogen) atoms. The topological polar surface area (TPSA) is 41.9 Å². The van der Waals surface area contributed by atoms with Gasteiger partial charge >= 0.3 is 0 Å². The van der Waals surface area contributed by atoms with Crippen LogP contribution in [0.5, 0.6) is 11.5 Å². The molecule has 2 heterocycles. The highest BCUT2D eigenvalue weighted by Gasteiger charge is 2.64. The summed E-state index contributed by atoms with van der Waals surface area (Å²) in [6.45, 7) is 3.11. The summed E-state index contributed by atoms with van der Waals surface area (Å²) >= 11 is 3.83. The zero-order valence-electron chi connectivity index (χ0n) is 14.2. The number of hydrogen-bond donors (Lipinski definition) is 1. The number of methoxy groups -OCH3 is 1. The van der Waals surface area contributed by atoms with Crippen LogP contribution in [0.25, 0.3) is 0 Å². The molecular weight excluding hydrogens is 370 g/mol. The molecule has 5 atom stereocenters. The Balaban J connectivity index is 1.87. The normalized spacial score (nSPS) is 38.7. The van der Waals surface area contributed by atoms with E-state index in [-0.39, 0.29) is 11.5 Å². The summed E-state index contributed by atoms with van der Waals surface area (Å²) in [5, 5.41) is 10.7. The van der Waals surface area contributed by atoms with Crippen LogP contribution in [-0.2, 0) is 11.8 Å². The number of nitrogens with zero attached hydrogens (tertiary/aromatic N) is 1. The van der Waals surface area contributed by atoms with Gasteiger partial charge in [-0.2, -0.15) is 0 Å². The van der Waals surface area contributed by atoms with Crippen molar-refractivity contribution in [3.8, 4) is 11.5 Å². The SMILES string of the molecule is COc1c(C)c(Br)c2c3c1O[C@H]1[C@@H](O)C=C[C@H]4[C@@H](C2)N(C)CC[C@@]341. The molecule has 1 N–H and O–H groups in total. The van der Waals surface area contributed by atoms with E-state index in [2.05, 4.69) is 40.9 Å². The number of halogens is 1. The van der Waals surface area contributed by atoms with Crippen molar-refractivity contribution >= 4 is 15.9 Å². The molecule has 1 fully saturated rings. The molecule has 4 nitrogen and oxygen atoms in total. The van der Waals surface area contributed by atoms with E-state index in [4.69, 9.17) is 9.47 Å². The average molecular weight is 392 g/mol. The zero-order chi connectivity index (χ0) is 16.8. The number of benzene rings is 1. The van der Waals surface area contributed by atoms with Gasteiger partial charge < -0.3 is 19.5 Å². The summed E-state index contributed by atoms with van der Waals surface area (Å²) in [5.41, 5.74) is 3.60. The summed E-state index contributed by atoms with van der Waals surface area (Å²) < 4.78 is 13.3. The van der Waals surface area contributed by atoms with E-state index >= 15 is 0 Å². The molecule has 0 unspecified atom stereocenters. The molecule has 0 amide bonds. The van der Waals surface area contributed by atoms with E-state index < -0.39 is 6.10 Å². The molecule has 1 spiro atoms. The molecule has 0 aromatic heterocycles. The van der Waals surface area contributed by atoms with Crippen LogP contribution in [0.3, 0.4) is 0 Å². The van der Waals surface area contributed by atoms with Gasteiger partial charge in [-0.1, -0.05) is 28.1 Å². The maximum atomic E-state index is 10.7. The lowest BCUT2D eigenvalue weighted by atomic mass is 9.53. The van der Waals surface area contributed by atoms with Crippen LogP contribution >= 0.6 is 15.9 Å². The number of piperidine rings is 1. The minimum atomic E-state index is -0.563. The molecular formula is C19H22BrNO3. The first kappa shape index (κ1) is 15.2. The predicted molar refractivity (Wildman–Crippen MR) is 94.9 cm³/mol. The molecule has 2 bridgehead atoms. The van der Waals surface area contributed by atoms with Gasteiger partial charge in [-0.15, -0.1) is 0 Å². The second-order valence-corrected chi connectivity index (χ2v) is 8.43. The van der Waals surface area contributed by atoms with E-state index in [1.54, 1.807) is 7.11 Å². The third-order valence-electron chi connectivity index (χ3n) is 6.78. The van der Waals surface area contributed by atoms with E-state index in [1.807, 2.05) is 6.08 Å². The Bertz CT molecular complexity index is 777. The lowest BCUT2D eigenvalue weighted by Gasteiger charge is -2.56. The fourth-order valence-corrected chi connectivity index (χ4v) is 6.25. The molecule has 4 aliphatic rings. The second-order valence-electron chi connectivity index (χ2n) is 7.64. The fourth-order valence-electron chi connectivity index (χ4n) is 5.71. The first-order valence-corrected chi connectivity index (χ1v) is 9.42. The van der Waals surface area contributed by atoms with Crippen LogP contribution in [0.2, 0.25) is 0 Å².